The number of nitrogens with one attached hydrogen (secondary N) is 2. The molecule has 0 unspecified atom stereocenters. The maximum Gasteiger partial charge on any atom is 0.305 e. The summed E-state index contributed by atoms with van der Waals surface area (Å²) in [4.78, 5) is 56.9. The number of amides is 1. The van der Waals surface area contributed by atoms with Crippen LogP contribution in [0.3, 0.4) is 0 Å². The molecular formula is C38H47N5O5. The average molecular weight is 654 g/mol. The highest BCUT2D eigenvalue weighted by Gasteiger charge is 2.44. The van der Waals surface area contributed by atoms with Gasteiger partial charge >= 0.3 is 11.9 Å². The van der Waals surface area contributed by atoms with Crippen LogP contribution in [-0.2, 0) is 35.7 Å². The summed E-state index contributed by atoms with van der Waals surface area (Å²) in [6, 6.07) is 10.3. The minimum Gasteiger partial charge on any atom is -0.469 e. The van der Waals surface area contributed by atoms with Crippen molar-refractivity contribution in [3.63, 3.8) is 0 Å². The van der Waals surface area contributed by atoms with Gasteiger partial charge in [-0.2, -0.15) is 0 Å². The van der Waals surface area contributed by atoms with Crippen molar-refractivity contribution in [2.45, 2.75) is 84.5 Å². The van der Waals surface area contributed by atoms with Crippen molar-refractivity contribution in [3.8, 4) is 0 Å². The SMILES string of the molecule is CC[C@H]1c2cc3[nH]c(cc4nc(cc5[nH]c(cc(n2)[C@]1(C)CC(=O)N(C)C)cc5C)C(C)=C4CCC(=O)OC)c(CCC(=O)OC)c3C. The molecular weight excluding hydrogens is 606 g/mol. The lowest BCUT2D eigenvalue weighted by molar-refractivity contribution is -0.141. The van der Waals surface area contributed by atoms with Crippen LogP contribution >= 0.6 is 0 Å². The molecule has 2 aliphatic heterocycles. The molecule has 8 bridgehead atoms. The molecule has 10 nitrogen and oxygen atoms in total. The number of ether oxygens (including phenoxy) is 2. The monoisotopic (exact) mass is 653 g/mol. The lowest BCUT2D eigenvalue weighted by atomic mass is 9.71. The molecule has 0 spiro atoms. The fourth-order valence-electron chi connectivity index (χ4n) is 7.05. The molecule has 2 N–H and O–H groups in total. The largest absolute Gasteiger partial charge is 0.469 e. The second kappa shape index (κ2) is 13.8. The number of hydrogen-bond donors (Lipinski definition) is 2. The zero-order chi connectivity index (χ0) is 34.9. The third kappa shape index (κ3) is 6.66. The summed E-state index contributed by atoms with van der Waals surface area (Å²) in [6.07, 6.45) is 2.52. The topological polar surface area (TPSA) is 130 Å². The number of nitrogens with zero attached hydrogens (tertiary/aromatic N) is 3. The number of fused-ring (bicyclic) bond motifs is 8. The Balaban J connectivity index is 1.86. The van der Waals surface area contributed by atoms with E-state index in [1.165, 1.54) is 14.2 Å². The standard InChI is InChI=1S/C38H47N5O5/c1-10-27-33-18-30-23(4)26(12-14-37(46)48-9)32(41-30)19-31-25(11-13-36(45)47-8)22(3)29(40-31)17-28-21(2)15-24(39-28)16-34(42-33)38(27,5)20-35(44)43(6)7/h15-19,27,39,41H,10-14,20H2,1-9H3/t27-,38+/m0/s1. The average Bonchev–Trinajstić information content (AvgIpc) is 3.71. The van der Waals surface area contributed by atoms with Crippen LogP contribution in [0.1, 0.15) is 98.3 Å². The van der Waals surface area contributed by atoms with E-state index in [4.69, 9.17) is 19.4 Å². The molecule has 2 aliphatic rings. The zero-order valence-corrected chi connectivity index (χ0v) is 29.6. The predicted octanol–water partition coefficient (Wildman–Crippen LogP) is 6.85. The van der Waals surface area contributed by atoms with Crippen molar-refractivity contribution in [2.75, 3.05) is 28.3 Å². The highest BCUT2D eigenvalue weighted by molar-refractivity contribution is 5.94. The smallest absolute Gasteiger partial charge is 0.305 e. The molecule has 48 heavy (non-hydrogen) atoms. The molecule has 0 aliphatic carbocycles. The Bertz CT molecular complexity index is 1970. The van der Waals surface area contributed by atoms with Crippen LogP contribution in [0.4, 0.5) is 0 Å². The Morgan fingerprint density at radius 3 is 2.17 bits per heavy atom. The molecule has 254 valence electrons. The van der Waals surface area contributed by atoms with Crippen LogP contribution in [0.15, 0.2) is 30.3 Å². The molecule has 3 aromatic heterocycles. The van der Waals surface area contributed by atoms with Gasteiger partial charge in [0.05, 0.1) is 25.6 Å². The Morgan fingerprint density at radius 1 is 0.854 bits per heavy atom. The third-order valence-corrected chi connectivity index (χ3v) is 10.1. The van der Waals surface area contributed by atoms with Crippen molar-refractivity contribution in [1.29, 1.82) is 0 Å². The van der Waals surface area contributed by atoms with Crippen LogP contribution in [0.5, 0.6) is 0 Å². The van der Waals surface area contributed by atoms with E-state index in [-0.39, 0.29) is 36.6 Å². The number of methoxy groups -OCH3 is 2. The number of carbonyl (C=O) groups excluding carboxylic acids is 3. The van der Waals surface area contributed by atoms with Crippen LogP contribution in [0, 0.1) is 13.8 Å². The Hall–Kier alpha value is -4.73. The van der Waals surface area contributed by atoms with Crippen molar-refractivity contribution in [2.24, 2.45) is 0 Å². The molecule has 2 atom stereocenters. The summed E-state index contributed by atoms with van der Waals surface area (Å²) in [5.41, 5.74) is 11.3. The molecule has 3 aromatic rings. The number of aryl methyl sites for hydroxylation is 3. The van der Waals surface area contributed by atoms with Gasteiger partial charge in [0.2, 0.25) is 5.91 Å². The van der Waals surface area contributed by atoms with Crippen molar-refractivity contribution >= 4 is 51.1 Å². The first kappa shape index (κ1) is 34.6. The van der Waals surface area contributed by atoms with E-state index >= 15 is 0 Å². The lowest BCUT2D eigenvalue weighted by Crippen LogP contribution is -2.34. The summed E-state index contributed by atoms with van der Waals surface area (Å²) in [6.45, 7) is 10.4. The van der Waals surface area contributed by atoms with Gasteiger partial charge in [-0.25, -0.2) is 4.98 Å². The van der Waals surface area contributed by atoms with Gasteiger partial charge in [-0.15, -0.1) is 0 Å². The number of aromatic amines is 2. The van der Waals surface area contributed by atoms with E-state index in [9.17, 15) is 14.4 Å². The first-order valence-electron chi connectivity index (χ1n) is 16.6. The van der Waals surface area contributed by atoms with E-state index in [0.717, 1.165) is 79.1 Å². The van der Waals surface area contributed by atoms with Crippen LogP contribution in [-0.4, -0.2) is 71.0 Å². The first-order valence-corrected chi connectivity index (χ1v) is 16.6. The third-order valence-electron chi connectivity index (χ3n) is 10.1. The van der Waals surface area contributed by atoms with Crippen molar-refractivity contribution in [1.82, 2.24) is 24.8 Å². The number of esters is 2. The van der Waals surface area contributed by atoms with Gasteiger partial charge in [0.1, 0.15) is 0 Å². The Morgan fingerprint density at radius 2 is 1.52 bits per heavy atom. The van der Waals surface area contributed by atoms with Gasteiger partial charge in [0, 0.05) is 78.1 Å². The summed E-state index contributed by atoms with van der Waals surface area (Å²) in [5.74, 6) is -0.526. The molecule has 0 aromatic carbocycles. The molecule has 0 saturated carbocycles. The maximum atomic E-state index is 13.2. The minimum atomic E-state index is -0.533. The quantitative estimate of drug-likeness (QED) is 0.242. The number of rotatable bonds is 9. The summed E-state index contributed by atoms with van der Waals surface area (Å²) in [5, 5.41) is 0. The maximum absolute atomic E-state index is 13.2. The fraction of sp³-hybridized carbons (Fsp3) is 0.447. The lowest BCUT2D eigenvalue weighted by Gasteiger charge is -2.31. The highest BCUT2D eigenvalue weighted by Crippen LogP contribution is 2.47. The van der Waals surface area contributed by atoms with E-state index in [1.54, 1.807) is 19.0 Å². The van der Waals surface area contributed by atoms with E-state index in [2.05, 4.69) is 48.9 Å². The van der Waals surface area contributed by atoms with E-state index in [1.807, 2.05) is 26.0 Å². The number of aromatic nitrogens is 4. The first-order chi connectivity index (χ1) is 22.8. The number of carbonyl (C=O) groups is 3. The second-order valence-corrected chi connectivity index (χ2v) is 13.4. The highest BCUT2D eigenvalue weighted by atomic mass is 16.5. The van der Waals surface area contributed by atoms with Gasteiger partial charge in [-0.3, -0.25) is 19.4 Å². The Kier molecular flexibility index (Phi) is 9.94. The van der Waals surface area contributed by atoms with Gasteiger partial charge in [-0.1, -0.05) is 13.8 Å². The normalized spacial score (nSPS) is 17.4. The van der Waals surface area contributed by atoms with Crippen LogP contribution < -0.4 is 0 Å². The summed E-state index contributed by atoms with van der Waals surface area (Å²) in [7, 11) is 6.38. The molecule has 0 saturated heterocycles. The summed E-state index contributed by atoms with van der Waals surface area (Å²) < 4.78 is 9.93. The van der Waals surface area contributed by atoms with E-state index < -0.39 is 5.41 Å². The van der Waals surface area contributed by atoms with Crippen molar-refractivity contribution < 1.29 is 23.9 Å². The number of hydrogen-bond acceptors (Lipinski definition) is 7. The molecule has 5 heterocycles. The Labute approximate surface area is 282 Å². The van der Waals surface area contributed by atoms with Gasteiger partial charge in [-0.05, 0) is 98.2 Å². The minimum absolute atomic E-state index is 0.00877. The predicted molar refractivity (Wildman–Crippen MR) is 188 cm³/mol. The summed E-state index contributed by atoms with van der Waals surface area (Å²) >= 11 is 0. The van der Waals surface area contributed by atoms with Crippen LogP contribution in [0.2, 0.25) is 0 Å². The number of allylic oxidation sites excluding steroid dienone is 2. The molecule has 1 amide bonds. The second-order valence-electron chi connectivity index (χ2n) is 13.4. The molecule has 0 fully saturated rings. The molecule has 10 heteroatoms. The van der Waals surface area contributed by atoms with E-state index in [0.29, 0.717) is 19.3 Å². The van der Waals surface area contributed by atoms with Crippen molar-refractivity contribution in [3.05, 3.63) is 69.8 Å². The van der Waals surface area contributed by atoms with Crippen LogP contribution in [0.25, 0.3) is 33.2 Å². The molecule has 0 radical (unpaired) electrons. The van der Waals surface area contributed by atoms with Gasteiger partial charge in [0.15, 0.2) is 0 Å². The molecule has 5 rings (SSSR count). The zero-order valence-electron chi connectivity index (χ0n) is 29.6. The van der Waals surface area contributed by atoms with Gasteiger partial charge < -0.3 is 24.3 Å². The fourth-order valence-corrected chi connectivity index (χ4v) is 7.05. The number of H-pyrrole nitrogens is 2. The van der Waals surface area contributed by atoms with Gasteiger partial charge in [0.25, 0.3) is 0 Å².